The van der Waals surface area contributed by atoms with Gasteiger partial charge in [-0.2, -0.15) is 0 Å². The van der Waals surface area contributed by atoms with Gasteiger partial charge in [0.2, 0.25) is 0 Å². The van der Waals surface area contributed by atoms with Crippen LogP contribution >= 0.6 is 0 Å². The summed E-state index contributed by atoms with van der Waals surface area (Å²) in [5.74, 6) is 0. The van der Waals surface area contributed by atoms with Crippen LogP contribution in [0.5, 0.6) is 0 Å². The minimum Gasteiger partial charge on any atom is -0.369 e. The van der Waals surface area contributed by atoms with Crippen LogP contribution < -0.4 is 10.4 Å². The van der Waals surface area contributed by atoms with Gasteiger partial charge in [-0.1, -0.05) is 54.6 Å². The second kappa shape index (κ2) is 4.11. The van der Waals surface area contributed by atoms with Crippen molar-refractivity contribution in [2.75, 3.05) is 6.61 Å². The first-order valence-electron chi connectivity index (χ1n) is 5.71. The molecular formula is C15H14O. The predicted molar refractivity (Wildman–Crippen MR) is 66.2 cm³/mol. The average Bonchev–Trinajstić information content (AvgIpc) is 2.33. The summed E-state index contributed by atoms with van der Waals surface area (Å²) in [5, 5.41) is 2.62. The molecule has 0 amide bonds. The molecule has 0 bridgehead atoms. The highest BCUT2D eigenvalue weighted by Crippen LogP contribution is 2.15. The molecule has 0 radical (unpaired) electrons. The summed E-state index contributed by atoms with van der Waals surface area (Å²) in [6.45, 7) is 0.792. The van der Waals surface area contributed by atoms with Gasteiger partial charge in [-0.15, -0.1) is 0 Å². The maximum Gasteiger partial charge on any atom is 0.102 e. The Labute approximate surface area is 95.1 Å². The smallest absolute Gasteiger partial charge is 0.102 e. The third kappa shape index (κ3) is 1.63. The summed E-state index contributed by atoms with van der Waals surface area (Å²) in [4.78, 5) is 0. The zero-order valence-corrected chi connectivity index (χ0v) is 9.10. The van der Waals surface area contributed by atoms with Gasteiger partial charge in [-0.25, -0.2) is 0 Å². The lowest BCUT2D eigenvalue weighted by Gasteiger charge is -2.19. The lowest BCUT2D eigenvalue weighted by molar-refractivity contribution is 0.126. The Morgan fingerprint density at radius 3 is 3.06 bits per heavy atom. The lowest BCUT2D eigenvalue weighted by atomic mass is 9.99. The zero-order valence-electron chi connectivity index (χ0n) is 9.10. The molecule has 1 aromatic rings. The summed E-state index contributed by atoms with van der Waals surface area (Å²) < 4.78 is 5.84. The summed E-state index contributed by atoms with van der Waals surface area (Å²) in [5.41, 5.74) is 1.27. The summed E-state index contributed by atoms with van der Waals surface area (Å²) in [6, 6.07) is 8.53. The Morgan fingerprint density at radius 2 is 2.06 bits per heavy atom. The molecule has 1 aliphatic carbocycles. The Bertz CT molecular complexity index is 563. The van der Waals surface area contributed by atoms with E-state index in [2.05, 4.69) is 54.6 Å². The molecule has 0 N–H and O–H groups in total. The van der Waals surface area contributed by atoms with Crippen LogP contribution in [0.15, 0.2) is 48.6 Å². The highest BCUT2D eigenvalue weighted by molar-refractivity contribution is 5.66. The Balaban J connectivity index is 2.35. The van der Waals surface area contributed by atoms with Crippen molar-refractivity contribution in [2.45, 2.75) is 12.5 Å². The summed E-state index contributed by atoms with van der Waals surface area (Å²) in [6.07, 6.45) is 11.8. The van der Waals surface area contributed by atoms with Crippen LogP contribution in [0.3, 0.4) is 0 Å². The molecule has 0 saturated heterocycles. The maximum atomic E-state index is 5.84. The van der Waals surface area contributed by atoms with E-state index in [1.54, 1.807) is 0 Å². The van der Waals surface area contributed by atoms with Crippen LogP contribution in [0.25, 0.3) is 11.6 Å². The molecule has 1 aliphatic heterocycles. The average molecular weight is 210 g/mol. The van der Waals surface area contributed by atoms with Crippen molar-refractivity contribution in [3.8, 4) is 0 Å². The molecule has 80 valence electrons. The predicted octanol–water partition coefficient (Wildman–Crippen LogP) is 1.53. The molecule has 1 nitrogen and oxygen atoms in total. The van der Waals surface area contributed by atoms with E-state index in [9.17, 15) is 0 Å². The first-order chi connectivity index (χ1) is 7.95. The van der Waals surface area contributed by atoms with E-state index >= 15 is 0 Å². The van der Waals surface area contributed by atoms with Crippen molar-refractivity contribution < 1.29 is 4.74 Å². The van der Waals surface area contributed by atoms with Crippen molar-refractivity contribution in [1.82, 2.24) is 0 Å². The van der Waals surface area contributed by atoms with E-state index in [4.69, 9.17) is 4.74 Å². The number of hydrogen-bond donors (Lipinski definition) is 0. The molecule has 1 atom stereocenters. The van der Waals surface area contributed by atoms with Crippen LogP contribution in [-0.4, -0.2) is 12.7 Å². The van der Waals surface area contributed by atoms with Gasteiger partial charge in [0.05, 0.1) is 6.61 Å². The molecule has 1 heterocycles. The van der Waals surface area contributed by atoms with Gasteiger partial charge in [-0.05, 0) is 22.4 Å². The molecule has 0 aromatic heterocycles. The number of rotatable bonds is 0. The second-order valence-electron chi connectivity index (χ2n) is 4.07. The molecule has 0 saturated carbocycles. The van der Waals surface area contributed by atoms with Crippen molar-refractivity contribution in [2.24, 2.45) is 0 Å². The SMILES string of the molecule is C1=C/C2=c3\ccccc3=CCCOC2C=C1. The number of hydrogen-bond acceptors (Lipinski definition) is 1. The molecular weight excluding hydrogens is 196 g/mol. The largest absolute Gasteiger partial charge is 0.369 e. The Kier molecular flexibility index (Phi) is 2.47. The molecule has 1 heteroatoms. The van der Waals surface area contributed by atoms with Gasteiger partial charge in [0.15, 0.2) is 0 Å². The third-order valence-electron chi connectivity index (χ3n) is 3.03. The number of allylic oxidation sites excluding steroid dienone is 2. The molecule has 0 spiro atoms. The van der Waals surface area contributed by atoms with Gasteiger partial charge < -0.3 is 4.74 Å². The molecule has 3 rings (SSSR count). The van der Waals surface area contributed by atoms with Gasteiger partial charge in [0.1, 0.15) is 6.10 Å². The van der Waals surface area contributed by atoms with E-state index in [-0.39, 0.29) is 6.10 Å². The zero-order chi connectivity index (χ0) is 10.8. The van der Waals surface area contributed by atoms with Crippen molar-refractivity contribution >= 4 is 11.6 Å². The Morgan fingerprint density at radius 1 is 1.12 bits per heavy atom. The first kappa shape index (κ1) is 9.61. The molecule has 1 unspecified atom stereocenters. The van der Waals surface area contributed by atoms with E-state index in [1.165, 1.54) is 16.0 Å². The van der Waals surface area contributed by atoms with Crippen LogP contribution in [0.4, 0.5) is 0 Å². The van der Waals surface area contributed by atoms with Gasteiger partial charge in [-0.3, -0.25) is 0 Å². The molecule has 0 fully saturated rings. The normalized spacial score (nSPS) is 26.1. The van der Waals surface area contributed by atoms with E-state index in [0.29, 0.717) is 0 Å². The molecule has 2 aliphatic rings. The van der Waals surface area contributed by atoms with Crippen LogP contribution in [0.1, 0.15) is 6.42 Å². The highest BCUT2D eigenvalue weighted by Gasteiger charge is 2.13. The standard InChI is InChI=1S/C15H14O/c1-2-8-13-12(6-1)7-5-11-16-15-10-4-3-9-14(13)15/h1-4,6-10,15H,5,11H2/b12-7?,14-13-. The van der Waals surface area contributed by atoms with Crippen LogP contribution in [0.2, 0.25) is 0 Å². The highest BCUT2D eigenvalue weighted by atomic mass is 16.5. The molecule has 16 heavy (non-hydrogen) atoms. The summed E-state index contributed by atoms with van der Waals surface area (Å²) in [7, 11) is 0. The van der Waals surface area contributed by atoms with E-state index in [0.717, 1.165) is 13.0 Å². The van der Waals surface area contributed by atoms with E-state index in [1.807, 2.05) is 0 Å². The monoisotopic (exact) mass is 210 g/mol. The third-order valence-corrected chi connectivity index (χ3v) is 3.03. The van der Waals surface area contributed by atoms with Crippen LogP contribution in [-0.2, 0) is 4.74 Å². The second-order valence-corrected chi connectivity index (χ2v) is 4.07. The minimum atomic E-state index is 0.125. The number of fused-ring (bicyclic) bond motifs is 2. The van der Waals surface area contributed by atoms with Crippen molar-refractivity contribution in [1.29, 1.82) is 0 Å². The topological polar surface area (TPSA) is 9.23 Å². The number of benzene rings is 1. The van der Waals surface area contributed by atoms with Crippen molar-refractivity contribution in [3.05, 3.63) is 59.0 Å². The fourth-order valence-electron chi connectivity index (χ4n) is 2.26. The van der Waals surface area contributed by atoms with Crippen molar-refractivity contribution in [3.63, 3.8) is 0 Å². The number of ether oxygens (including phenoxy) is 1. The summed E-state index contributed by atoms with van der Waals surface area (Å²) >= 11 is 0. The van der Waals surface area contributed by atoms with Crippen LogP contribution in [0, 0.1) is 0 Å². The van der Waals surface area contributed by atoms with Gasteiger partial charge in [0, 0.05) is 0 Å². The molecule has 1 aromatic carbocycles. The Hall–Kier alpha value is -1.60. The maximum absolute atomic E-state index is 5.84. The quantitative estimate of drug-likeness (QED) is 0.631. The van der Waals surface area contributed by atoms with E-state index < -0.39 is 0 Å². The fourth-order valence-corrected chi connectivity index (χ4v) is 2.26. The fraction of sp³-hybridized carbons (Fsp3) is 0.200. The van der Waals surface area contributed by atoms with Gasteiger partial charge >= 0.3 is 0 Å². The minimum absolute atomic E-state index is 0.125. The first-order valence-corrected chi connectivity index (χ1v) is 5.71. The van der Waals surface area contributed by atoms with Gasteiger partial charge in [0.25, 0.3) is 0 Å². The lowest BCUT2D eigenvalue weighted by Crippen LogP contribution is -2.32.